The molecule has 0 aliphatic heterocycles. The molecule has 0 spiro atoms. The first-order valence-corrected chi connectivity index (χ1v) is 11.5. The molecular formula is C26H35ClN2O2. The minimum absolute atomic E-state index is 0.0123. The van der Waals surface area contributed by atoms with Crippen LogP contribution in [0.1, 0.15) is 70.1 Å². The van der Waals surface area contributed by atoms with Gasteiger partial charge < -0.3 is 10.2 Å². The van der Waals surface area contributed by atoms with Gasteiger partial charge in [-0.1, -0.05) is 74.8 Å². The number of nitrogens with zero attached hydrogens (tertiary/aromatic N) is 1. The van der Waals surface area contributed by atoms with E-state index in [4.69, 9.17) is 11.6 Å². The van der Waals surface area contributed by atoms with Gasteiger partial charge in [0.25, 0.3) is 0 Å². The van der Waals surface area contributed by atoms with Crippen LogP contribution in [-0.2, 0) is 22.6 Å². The van der Waals surface area contributed by atoms with Crippen molar-refractivity contribution >= 4 is 23.4 Å². The predicted molar refractivity (Wildman–Crippen MR) is 128 cm³/mol. The van der Waals surface area contributed by atoms with E-state index < -0.39 is 6.04 Å². The molecule has 168 valence electrons. The van der Waals surface area contributed by atoms with Crippen LogP contribution in [0.25, 0.3) is 0 Å². The molecule has 0 heterocycles. The van der Waals surface area contributed by atoms with Crippen molar-refractivity contribution in [2.75, 3.05) is 0 Å². The van der Waals surface area contributed by atoms with Gasteiger partial charge in [-0.3, -0.25) is 9.59 Å². The van der Waals surface area contributed by atoms with Crippen LogP contribution in [0.5, 0.6) is 0 Å². The molecule has 4 nitrogen and oxygen atoms in total. The third kappa shape index (κ3) is 7.39. The van der Waals surface area contributed by atoms with Crippen molar-refractivity contribution in [1.29, 1.82) is 0 Å². The molecule has 31 heavy (non-hydrogen) atoms. The van der Waals surface area contributed by atoms with Crippen LogP contribution >= 0.6 is 11.6 Å². The second-order valence-electron chi connectivity index (χ2n) is 8.60. The quantitative estimate of drug-likeness (QED) is 0.510. The summed E-state index contributed by atoms with van der Waals surface area (Å²) in [6.45, 7) is 10.4. The normalized spacial score (nSPS) is 12.1. The molecule has 2 amide bonds. The predicted octanol–water partition coefficient (Wildman–Crippen LogP) is 5.73. The van der Waals surface area contributed by atoms with Gasteiger partial charge in [0, 0.05) is 24.0 Å². The van der Waals surface area contributed by atoms with Crippen molar-refractivity contribution in [2.45, 2.75) is 78.4 Å². The number of rotatable bonds is 10. The smallest absolute Gasteiger partial charge is 0.243 e. The van der Waals surface area contributed by atoms with Gasteiger partial charge in [0.1, 0.15) is 6.04 Å². The fourth-order valence-electron chi connectivity index (χ4n) is 3.57. The number of aryl methyl sites for hydroxylation is 1. The minimum Gasteiger partial charge on any atom is -0.352 e. The molecule has 0 radical (unpaired) electrons. The number of nitrogens with one attached hydrogen (secondary N) is 1. The lowest BCUT2D eigenvalue weighted by molar-refractivity contribution is -0.141. The summed E-state index contributed by atoms with van der Waals surface area (Å²) in [5.41, 5.74) is 3.25. The lowest BCUT2D eigenvalue weighted by atomic mass is 10.00. The first-order chi connectivity index (χ1) is 14.7. The zero-order valence-corrected chi connectivity index (χ0v) is 20.1. The van der Waals surface area contributed by atoms with E-state index in [9.17, 15) is 9.59 Å². The van der Waals surface area contributed by atoms with E-state index in [0.29, 0.717) is 36.7 Å². The molecule has 0 aliphatic rings. The maximum absolute atomic E-state index is 13.3. The van der Waals surface area contributed by atoms with Crippen molar-refractivity contribution < 1.29 is 9.59 Å². The standard InChI is InChI=1S/C26H35ClN2O2/c1-6-24(26(31)28-19(4)5)29(17-22-9-7-8-10-23(22)27)25(30)16-13-20-11-14-21(15-12-20)18(2)3/h7-12,14-15,18-19,24H,6,13,16-17H2,1-5H3,(H,28,31)/t24-/m0/s1. The van der Waals surface area contributed by atoms with Crippen molar-refractivity contribution in [3.8, 4) is 0 Å². The number of benzene rings is 2. The molecule has 0 saturated heterocycles. The van der Waals surface area contributed by atoms with E-state index >= 15 is 0 Å². The molecule has 0 unspecified atom stereocenters. The Labute approximate surface area is 192 Å². The summed E-state index contributed by atoms with van der Waals surface area (Å²) in [6.07, 6.45) is 1.52. The maximum atomic E-state index is 13.3. The minimum atomic E-state index is -0.533. The monoisotopic (exact) mass is 442 g/mol. The molecule has 0 saturated carbocycles. The van der Waals surface area contributed by atoms with Crippen LogP contribution in [-0.4, -0.2) is 28.8 Å². The summed E-state index contributed by atoms with van der Waals surface area (Å²) in [7, 11) is 0. The Bertz CT molecular complexity index is 862. The van der Waals surface area contributed by atoms with Crippen LogP contribution in [0.4, 0.5) is 0 Å². The zero-order chi connectivity index (χ0) is 23.0. The van der Waals surface area contributed by atoms with Gasteiger partial charge in [0.05, 0.1) is 0 Å². The summed E-state index contributed by atoms with van der Waals surface area (Å²) < 4.78 is 0. The number of halogens is 1. The molecule has 0 aliphatic carbocycles. The number of amides is 2. The van der Waals surface area contributed by atoms with E-state index in [1.54, 1.807) is 4.90 Å². The van der Waals surface area contributed by atoms with Gasteiger partial charge >= 0.3 is 0 Å². The van der Waals surface area contributed by atoms with Crippen LogP contribution in [0.15, 0.2) is 48.5 Å². The third-order valence-corrected chi connectivity index (χ3v) is 5.76. The zero-order valence-electron chi connectivity index (χ0n) is 19.3. The average Bonchev–Trinajstić information content (AvgIpc) is 2.73. The Morgan fingerprint density at radius 3 is 2.19 bits per heavy atom. The summed E-state index contributed by atoms with van der Waals surface area (Å²) in [5, 5.41) is 3.55. The van der Waals surface area contributed by atoms with Crippen molar-refractivity contribution in [3.63, 3.8) is 0 Å². The Morgan fingerprint density at radius 1 is 1.00 bits per heavy atom. The lowest BCUT2D eigenvalue weighted by Gasteiger charge is -2.31. The SMILES string of the molecule is CC[C@@H](C(=O)NC(C)C)N(Cc1ccccc1Cl)C(=O)CCc1ccc(C(C)C)cc1. The fraction of sp³-hybridized carbons (Fsp3) is 0.462. The first-order valence-electron chi connectivity index (χ1n) is 11.1. The molecule has 5 heteroatoms. The Morgan fingerprint density at radius 2 is 1.65 bits per heavy atom. The van der Waals surface area contributed by atoms with E-state index in [-0.39, 0.29) is 17.9 Å². The molecular weight excluding hydrogens is 408 g/mol. The highest BCUT2D eigenvalue weighted by Gasteiger charge is 2.29. The third-order valence-electron chi connectivity index (χ3n) is 5.39. The molecule has 1 atom stereocenters. The molecule has 0 bridgehead atoms. The van der Waals surface area contributed by atoms with Gasteiger partial charge in [0.15, 0.2) is 0 Å². The van der Waals surface area contributed by atoms with Crippen LogP contribution < -0.4 is 5.32 Å². The van der Waals surface area contributed by atoms with E-state index in [2.05, 4.69) is 43.4 Å². The van der Waals surface area contributed by atoms with Gasteiger partial charge in [-0.15, -0.1) is 0 Å². The molecule has 1 N–H and O–H groups in total. The number of carbonyl (C=O) groups excluding carboxylic acids is 2. The first kappa shape index (κ1) is 24.9. The summed E-state index contributed by atoms with van der Waals surface area (Å²) in [6, 6.07) is 15.4. The average molecular weight is 443 g/mol. The highest BCUT2D eigenvalue weighted by molar-refractivity contribution is 6.31. The van der Waals surface area contributed by atoms with E-state index in [0.717, 1.165) is 11.1 Å². The van der Waals surface area contributed by atoms with E-state index in [1.165, 1.54) is 5.56 Å². The van der Waals surface area contributed by atoms with Gasteiger partial charge in [-0.05, 0) is 55.4 Å². The van der Waals surface area contributed by atoms with Gasteiger partial charge in [-0.2, -0.15) is 0 Å². The van der Waals surface area contributed by atoms with Crippen LogP contribution in [0, 0.1) is 0 Å². The van der Waals surface area contributed by atoms with E-state index in [1.807, 2.05) is 45.0 Å². The lowest BCUT2D eigenvalue weighted by Crippen LogP contribution is -2.50. The van der Waals surface area contributed by atoms with Crippen molar-refractivity contribution in [3.05, 3.63) is 70.2 Å². The van der Waals surface area contributed by atoms with Crippen molar-refractivity contribution in [1.82, 2.24) is 10.2 Å². The molecule has 0 aromatic heterocycles. The summed E-state index contributed by atoms with van der Waals surface area (Å²) in [5.74, 6) is 0.310. The van der Waals surface area contributed by atoms with Crippen molar-refractivity contribution in [2.24, 2.45) is 0 Å². The number of hydrogen-bond acceptors (Lipinski definition) is 2. The molecule has 2 rings (SSSR count). The van der Waals surface area contributed by atoms with Gasteiger partial charge in [0.2, 0.25) is 11.8 Å². The van der Waals surface area contributed by atoms with Crippen LogP contribution in [0.3, 0.4) is 0 Å². The highest BCUT2D eigenvalue weighted by Crippen LogP contribution is 2.21. The number of carbonyl (C=O) groups is 2. The molecule has 2 aromatic carbocycles. The largest absolute Gasteiger partial charge is 0.352 e. The van der Waals surface area contributed by atoms with Crippen LogP contribution in [0.2, 0.25) is 5.02 Å². The topological polar surface area (TPSA) is 49.4 Å². The molecule has 0 fully saturated rings. The second-order valence-corrected chi connectivity index (χ2v) is 9.00. The highest BCUT2D eigenvalue weighted by atomic mass is 35.5. The second kappa shape index (κ2) is 11.9. The Balaban J connectivity index is 2.20. The Hall–Kier alpha value is -2.33. The Kier molecular flexibility index (Phi) is 9.57. The fourth-order valence-corrected chi connectivity index (χ4v) is 3.77. The summed E-state index contributed by atoms with van der Waals surface area (Å²) >= 11 is 6.36. The van der Waals surface area contributed by atoms with Gasteiger partial charge in [-0.25, -0.2) is 0 Å². The summed E-state index contributed by atoms with van der Waals surface area (Å²) in [4.78, 5) is 27.8. The maximum Gasteiger partial charge on any atom is 0.243 e. The molecule has 2 aromatic rings. The number of hydrogen-bond donors (Lipinski definition) is 1.